The van der Waals surface area contributed by atoms with Crippen molar-refractivity contribution in [3.8, 4) is 22.8 Å². The van der Waals surface area contributed by atoms with E-state index in [1.165, 1.54) is 18.2 Å². The fourth-order valence-corrected chi connectivity index (χ4v) is 3.88. The van der Waals surface area contributed by atoms with Crippen LogP contribution < -0.4 is 4.74 Å². The minimum atomic E-state index is -4.68. The van der Waals surface area contributed by atoms with Crippen molar-refractivity contribution >= 4 is 20.7 Å². The first-order valence-corrected chi connectivity index (χ1v) is 11.1. The van der Waals surface area contributed by atoms with Crippen molar-refractivity contribution in [3.63, 3.8) is 0 Å². The second-order valence-electron chi connectivity index (χ2n) is 7.06. The minimum absolute atomic E-state index is 0.0183. The first kappa shape index (κ1) is 22.6. The summed E-state index contributed by atoms with van der Waals surface area (Å²) in [6.45, 7) is 0. The number of fused-ring (bicyclic) bond motifs is 1. The van der Waals surface area contributed by atoms with Gasteiger partial charge in [-0.05, 0) is 36.4 Å². The van der Waals surface area contributed by atoms with Gasteiger partial charge in [0.25, 0.3) is 0 Å². The summed E-state index contributed by atoms with van der Waals surface area (Å²) in [6, 6.07) is 9.58. The van der Waals surface area contributed by atoms with Gasteiger partial charge in [-0.25, -0.2) is 27.2 Å². The molecule has 0 bridgehead atoms. The molecule has 0 aliphatic rings. The number of halogens is 5. The summed E-state index contributed by atoms with van der Waals surface area (Å²) < 4.78 is 97.6. The molecule has 0 N–H and O–H groups in total. The third-order valence-electron chi connectivity index (χ3n) is 4.67. The molecule has 0 amide bonds. The lowest BCUT2D eigenvalue weighted by Gasteiger charge is -2.13. The predicted molar refractivity (Wildman–Crippen MR) is 110 cm³/mol. The topological polar surface area (TPSA) is 69.2 Å². The van der Waals surface area contributed by atoms with Gasteiger partial charge in [-0.3, -0.25) is 0 Å². The summed E-state index contributed by atoms with van der Waals surface area (Å²) >= 11 is 0. The third kappa shape index (κ3) is 4.63. The van der Waals surface area contributed by atoms with Gasteiger partial charge < -0.3 is 4.74 Å². The van der Waals surface area contributed by atoms with Crippen LogP contribution in [0.1, 0.15) is 5.56 Å². The highest BCUT2D eigenvalue weighted by atomic mass is 32.2. The van der Waals surface area contributed by atoms with Gasteiger partial charge in [-0.15, -0.1) is 0 Å². The van der Waals surface area contributed by atoms with E-state index in [9.17, 15) is 30.4 Å². The Morgan fingerprint density at radius 3 is 2.36 bits per heavy atom. The lowest BCUT2D eigenvalue weighted by Crippen LogP contribution is -2.07. The van der Waals surface area contributed by atoms with E-state index in [1.807, 2.05) is 0 Å². The maximum atomic E-state index is 14.7. The van der Waals surface area contributed by atoms with Crippen molar-refractivity contribution in [1.82, 2.24) is 9.97 Å². The summed E-state index contributed by atoms with van der Waals surface area (Å²) in [6.07, 6.45) is -2.88. The predicted octanol–water partition coefficient (Wildman–Crippen LogP) is 5.79. The van der Waals surface area contributed by atoms with E-state index in [0.717, 1.165) is 49.0 Å². The van der Waals surface area contributed by atoms with Crippen LogP contribution in [0.3, 0.4) is 0 Å². The second kappa shape index (κ2) is 8.07. The van der Waals surface area contributed by atoms with Crippen LogP contribution in [0.5, 0.6) is 11.5 Å². The molecule has 5 nitrogen and oxygen atoms in total. The minimum Gasteiger partial charge on any atom is -0.457 e. The zero-order valence-electron chi connectivity index (χ0n) is 16.7. The van der Waals surface area contributed by atoms with Crippen LogP contribution in [-0.2, 0) is 16.0 Å². The Balaban J connectivity index is 1.82. The van der Waals surface area contributed by atoms with Crippen LogP contribution in [0.4, 0.5) is 22.0 Å². The normalized spacial score (nSPS) is 12.2. The molecule has 0 spiro atoms. The average Bonchev–Trinajstić information content (AvgIpc) is 2.72. The Labute approximate surface area is 184 Å². The quantitative estimate of drug-likeness (QED) is 0.346. The zero-order valence-corrected chi connectivity index (χ0v) is 17.5. The molecule has 0 aliphatic carbocycles. The Bertz CT molecular complexity index is 1490. The lowest BCUT2D eigenvalue weighted by atomic mass is 10.0. The van der Waals surface area contributed by atoms with E-state index < -0.39 is 38.7 Å². The van der Waals surface area contributed by atoms with E-state index in [0.29, 0.717) is 0 Å². The van der Waals surface area contributed by atoms with Crippen LogP contribution in [-0.4, -0.2) is 24.6 Å². The molecular weight excluding hydrogens is 467 g/mol. The molecule has 0 saturated heterocycles. The van der Waals surface area contributed by atoms with Crippen LogP contribution in [0, 0.1) is 11.6 Å². The van der Waals surface area contributed by atoms with Crippen LogP contribution in [0.15, 0.2) is 65.8 Å². The highest BCUT2D eigenvalue weighted by Crippen LogP contribution is 2.38. The molecule has 1 heterocycles. The van der Waals surface area contributed by atoms with Crippen molar-refractivity contribution in [2.45, 2.75) is 11.1 Å². The van der Waals surface area contributed by atoms with Crippen LogP contribution in [0.25, 0.3) is 22.2 Å². The number of hydrogen-bond donors (Lipinski definition) is 0. The van der Waals surface area contributed by atoms with Gasteiger partial charge in [0.2, 0.25) is 0 Å². The number of sulfone groups is 1. The maximum absolute atomic E-state index is 14.7. The Morgan fingerprint density at radius 2 is 1.67 bits per heavy atom. The highest BCUT2D eigenvalue weighted by molar-refractivity contribution is 7.90. The highest BCUT2D eigenvalue weighted by Gasteiger charge is 2.33. The first-order chi connectivity index (χ1) is 15.4. The fraction of sp³-hybridized carbons (Fsp3) is 0.0909. The van der Waals surface area contributed by atoms with Crippen LogP contribution >= 0.6 is 0 Å². The molecule has 0 radical (unpaired) electrons. The Kier molecular flexibility index (Phi) is 5.52. The van der Waals surface area contributed by atoms with Gasteiger partial charge in [0.05, 0.1) is 21.7 Å². The van der Waals surface area contributed by atoms with Crippen molar-refractivity contribution in [3.05, 3.63) is 78.1 Å². The summed E-state index contributed by atoms with van der Waals surface area (Å²) in [7, 11) is -3.73. The van der Waals surface area contributed by atoms with Crippen LogP contribution in [0.2, 0.25) is 0 Å². The lowest BCUT2D eigenvalue weighted by molar-refractivity contribution is -0.136. The van der Waals surface area contributed by atoms with E-state index >= 15 is 0 Å². The molecule has 170 valence electrons. The molecule has 0 atom stereocenters. The molecule has 0 unspecified atom stereocenters. The smallest absolute Gasteiger partial charge is 0.418 e. The standard InChI is InChI=1S/C22H13F5N2O3S/c1-33(30,31)15-8-12(23)7-14(9-15)32-13-5-6-19(24)17(10-13)20-16-3-2-4-18(22(25,26)27)21(16)29-11-28-20/h2-11H,1H3. The molecule has 0 fully saturated rings. The number of benzene rings is 3. The van der Waals surface area contributed by atoms with Crippen molar-refractivity contribution in [2.24, 2.45) is 0 Å². The van der Waals surface area contributed by atoms with E-state index in [4.69, 9.17) is 4.74 Å². The SMILES string of the molecule is CS(=O)(=O)c1cc(F)cc(Oc2ccc(F)c(-c3ncnc4c(C(F)(F)F)cccc34)c2)c1. The molecule has 3 aromatic carbocycles. The van der Waals surface area contributed by atoms with Crippen molar-refractivity contribution in [2.75, 3.05) is 6.26 Å². The Morgan fingerprint density at radius 1 is 0.909 bits per heavy atom. The molecule has 11 heteroatoms. The number of aromatic nitrogens is 2. The molecular formula is C22H13F5N2O3S. The number of ether oxygens (including phenoxy) is 1. The van der Waals surface area contributed by atoms with E-state index in [1.54, 1.807) is 0 Å². The summed E-state index contributed by atoms with van der Waals surface area (Å²) in [5, 5.41) is -0.0338. The number of hydrogen-bond acceptors (Lipinski definition) is 5. The molecule has 0 aliphatic heterocycles. The van der Waals surface area contributed by atoms with Gasteiger partial charge in [0, 0.05) is 23.3 Å². The molecule has 4 rings (SSSR count). The Hall–Kier alpha value is -3.60. The number of para-hydroxylation sites is 1. The van der Waals surface area contributed by atoms with Crippen molar-refractivity contribution in [1.29, 1.82) is 0 Å². The number of alkyl halides is 3. The van der Waals surface area contributed by atoms with E-state index in [-0.39, 0.29) is 33.0 Å². The molecule has 4 aromatic rings. The number of rotatable bonds is 4. The second-order valence-corrected chi connectivity index (χ2v) is 9.08. The van der Waals surface area contributed by atoms with Gasteiger partial charge >= 0.3 is 6.18 Å². The molecule has 1 aromatic heterocycles. The third-order valence-corrected chi connectivity index (χ3v) is 5.76. The van der Waals surface area contributed by atoms with Gasteiger partial charge in [0.1, 0.15) is 29.5 Å². The summed E-state index contributed by atoms with van der Waals surface area (Å²) in [5.74, 6) is -1.84. The van der Waals surface area contributed by atoms with Gasteiger partial charge in [-0.1, -0.05) is 12.1 Å². The van der Waals surface area contributed by atoms with Gasteiger partial charge in [0.15, 0.2) is 9.84 Å². The number of nitrogens with zero attached hydrogens (tertiary/aromatic N) is 2. The van der Waals surface area contributed by atoms with Crippen molar-refractivity contribution < 1.29 is 35.1 Å². The largest absolute Gasteiger partial charge is 0.457 e. The monoisotopic (exact) mass is 480 g/mol. The fourth-order valence-electron chi connectivity index (χ4n) is 3.23. The maximum Gasteiger partial charge on any atom is 0.418 e. The molecule has 0 saturated carbocycles. The first-order valence-electron chi connectivity index (χ1n) is 9.23. The van der Waals surface area contributed by atoms with E-state index in [2.05, 4.69) is 9.97 Å². The van der Waals surface area contributed by atoms with Gasteiger partial charge in [-0.2, -0.15) is 13.2 Å². The summed E-state index contributed by atoms with van der Waals surface area (Å²) in [5.41, 5.74) is -1.68. The summed E-state index contributed by atoms with van der Waals surface area (Å²) in [4.78, 5) is 7.35. The molecule has 33 heavy (non-hydrogen) atoms. The zero-order chi connectivity index (χ0) is 24.0. The average molecular weight is 480 g/mol.